The van der Waals surface area contributed by atoms with Gasteiger partial charge < -0.3 is 10.4 Å². The molecule has 116 valence electrons. The highest BCUT2D eigenvalue weighted by atomic mass is 19.2. The molecule has 1 aliphatic rings. The largest absolute Gasteiger partial charge is 0.478 e. The lowest BCUT2D eigenvalue weighted by Gasteiger charge is -2.25. The third-order valence-corrected chi connectivity index (χ3v) is 3.44. The van der Waals surface area contributed by atoms with Gasteiger partial charge >= 0.3 is 5.97 Å². The van der Waals surface area contributed by atoms with Gasteiger partial charge in [0, 0.05) is 11.3 Å². The third-order valence-electron chi connectivity index (χ3n) is 3.44. The van der Waals surface area contributed by atoms with Gasteiger partial charge in [-0.1, -0.05) is 12.1 Å². The van der Waals surface area contributed by atoms with Crippen molar-refractivity contribution in [3.8, 4) is 0 Å². The molecule has 0 aliphatic carbocycles. The minimum atomic E-state index is -1.50. The number of aliphatic carboxylic acids is 1. The molecule has 0 aromatic heterocycles. The summed E-state index contributed by atoms with van der Waals surface area (Å²) in [5.41, 5.74) is -1.07. The van der Waals surface area contributed by atoms with Crippen LogP contribution in [0.1, 0.15) is 25.3 Å². The number of dihydropyridines is 1. The summed E-state index contributed by atoms with van der Waals surface area (Å²) in [5.74, 6) is -5.43. The molecule has 6 nitrogen and oxygen atoms in total. The number of halogens is 2. The van der Waals surface area contributed by atoms with Gasteiger partial charge in [0.05, 0.1) is 16.2 Å². The molecule has 0 amide bonds. The Morgan fingerprint density at radius 1 is 1.32 bits per heavy atom. The van der Waals surface area contributed by atoms with Crippen molar-refractivity contribution in [1.82, 2.24) is 5.32 Å². The second-order valence-electron chi connectivity index (χ2n) is 4.81. The van der Waals surface area contributed by atoms with Crippen LogP contribution < -0.4 is 5.32 Å². The predicted octanol–water partition coefficient (Wildman–Crippen LogP) is 2.52. The number of hydrogen-bond acceptors (Lipinski definition) is 4. The van der Waals surface area contributed by atoms with E-state index in [-0.39, 0.29) is 22.5 Å². The first-order valence-corrected chi connectivity index (χ1v) is 6.25. The average Bonchev–Trinajstić information content (AvgIpc) is 2.39. The molecular weight excluding hydrogens is 298 g/mol. The van der Waals surface area contributed by atoms with Crippen LogP contribution in [0.25, 0.3) is 0 Å². The number of benzene rings is 1. The van der Waals surface area contributed by atoms with Gasteiger partial charge in [-0.15, -0.1) is 0 Å². The highest BCUT2D eigenvalue weighted by Crippen LogP contribution is 2.39. The molecule has 0 saturated heterocycles. The van der Waals surface area contributed by atoms with Crippen LogP contribution in [-0.4, -0.2) is 16.0 Å². The lowest BCUT2D eigenvalue weighted by Crippen LogP contribution is -2.31. The lowest BCUT2D eigenvalue weighted by atomic mass is 9.84. The Kier molecular flexibility index (Phi) is 3.94. The van der Waals surface area contributed by atoms with Crippen LogP contribution in [-0.2, 0) is 4.79 Å². The van der Waals surface area contributed by atoms with Gasteiger partial charge in [-0.25, -0.2) is 13.6 Å². The number of nitrogens with zero attached hydrogens (tertiary/aromatic N) is 1. The SMILES string of the molecule is CC1=C(C(=O)O)[C@H](c2cccc(F)c2F)C([N+](=O)[O-])=C(C)N1. The third kappa shape index (κ3) is 2.43. The van der Waals surface area contributed by atoms with Gasteiger partial charge in [-0.2, -0.15) is 0 Å². The van der Waals surface area contributed by atoms with Crippen molar-refractivity contribution in [2.75, 3.05) is 0 Å². The molecule has 1 aromatic carbocycles. The minimum absolute atomic E-state index is 0.0844. The second kappa shape index (κ2) is 5.55. The predicted molar refractivity (Wildman–Crippen MR) is 72.3 cm³/mol. The normalized spacial score (nSPS) is 18.3. The van der Waals surface area contributed by atoms with Crippen molar-refractivity contribution >= 4 is 5.97 Å². The summed E-state index contributed by atoms with van der Waals surface area (Å²) >= 11 is 0. The summed E-state index contributed by atoms with van der Waals surface area (Å²) in [6, 6.07) is 3.18. The Bertz CT molecular complexity index is 704. The molecule has 8 heteroatoms. The zero-order chi connectivity index (χ0) is 16.6. The van der Waals surface area contributed by atoms with E-state index in [0.29, 0.717) is 0 Å². The second-order valence-corrected chi connectivity index (χ2v) is 4.81. The van der Waals surface area contributed by atoms with Gasteiger partial charge in [0.25, 0.3) is 5.70 Å². The van der Waals surface area contributed by atoms with E-state index < -0.39 is 34.1 Å². The van der Waals surface area contributed by atoms with Crippen LogP contribution in [0.5, 0.6) is 0 Å². The van der Waals surface area contributed by atoms with Gasteiger partial charge in [-0.3, -0.25) is 10.1 Å². The van der Waals surface area contributed by atoms with Crippen LogP contribution in [0.4, 0.5) is 8.78 Å². The summed E-state index contributed by atoms with van der Waals surface area (Å²) in [5, 5.41) is 23.2. The highest BCUT2D eigenvalue weighted by molar-refractivity contribution is 5.90. The molecule has 1 heterocycles. The van der Waals surface area contributed by atoms with E-state index in [9.17, 15) is 28.8 Å². The molecule has 22 heavy (non-hydrogen) atoms. The van der Waals surface area contributed by atoms with Crippen LogP contribution in [0.3, 0.4) is 0 Å². The maximum atomic E-state index is 14.1. The van der Waals surface area contributed by atoms with Crippen LogP contribution >= 0.6 is 0 Å². The quantitative estimate of drug-likeness (QED) is 0.661. The summed E-state index contributed by atoms with van der Waals surface area (Å²) < 4.78 is 27.5. The number of nitro groups is 1. The first-order chi connectivity index (χ1) is 10.3. The number of hydrogen-bond donors (Lipinski definition) is 2. The van der Waals surface area contributed by atoms with Crippen molar-refractivity contribution in [2.24, 2.45) is 0 Å². The van der Waals surface area contributed by atoms with E-state index >= 15 is 0 Å². The molecule has 1 aliphatic heterocycles. The van der Waals surface area contributed by atoms with Gasteiger partial charge in [-0.05, 0) is 19.9 Å². The number of nitrogens with one attached hydrogen (secondary N) is 1. The maximum absolute atomic E-state index is 14.1. The van der Waals surface area contributed by atoms with Crippen molar-refractivity contribution < 1.29 is 23.6 Å². The van der Waals surface area contributed by atoms with Crippen molar-refractivity contribution in [2.45, 2.75) is 19.8 Å². The van der Waals surface area contributed by atoms with Gasteiger partial charge in [0.15, 0.2) is 11.6 Å². The number of rotatable bonds is 3. The van der Waals surface area contributed by atoms with E-state index in [1.807, 2.05) is 0 Å². The molecule has 0 saturated carbocycles. The fourth-order valence-corrected chi connectivity index (χ4v) is 2.55. The number of carboxylic acids is 1. The van der Waals surface area contributed by atoms with Crippen LogP contribution in [0, 0.1) is 21.7 Å². The topological polar surface area (TPSA) is 92.5 Å². The molecular formula is C14H12F2N2O4. The smallest absolute Gasteiger partial charge is 0.334 e. The van der Waals surface area contributed by atoms with Crippen molar-refractivity contribution in [3.63, 3.8) is 0 Å². The zero-order valence-electron chi connectivity index (χ0n) is 11.7. The molecule has 0 spiro atoms. The van der Waals surface area contributed by atoms with E-state index in [1.54, 1.807) is 0 Å². The molecule has 0 unspecified atom stereocenters. The highest BCUT2D eigenvalue weighted by Gasteiger charge is 2.41. The first kappa shape index (κ1) is 15.6. The van der Waals surface area contributed by atoms with Gasteiger partial charge in [0.2, 0.25) is 0 Å². The monoisotopic (exact) mass is 310 g/mol. The fraction of sp³-hybridized carbons (Fsp3) is 0.214. The molecule has 1 aromatic rings. The molecule has 2 N–H and O–H groups in total. The maximum Gasteiger partial charge on any atom is 0.334 e. The van der Waals surface area contributed by atoms with E-state index in [0.717, 1.165) is 12.1 Å². The summed E-state index contributed by atoms with van der Waals surface area (Å²) in [6.07, 6.45) is 0. The Balaban J connectivity index is 2.78. The molecule has 0 radical (unpaired) electrons. The van der Waals surface area contributed by atoms with Crippen molar-refractivity contribution in [1.29, 1.82) is 0 Å². The molecule has 2 rings (SSSR count). The standard InChI is InChI=1S/C14H12F2N2O4/c1-6-10(14(19)20)11(13(18(21)22)7(2)17-6)8-4-3-5-9(15)12(8)16/h3-5,11,17H,1-2H3,(H,19,20)/t11-/m0/s1. The van der Waals surface area contributed by atoms with Crippen molar-refractivity contribution in [3.05, 3.63) is 68.2 Å². The van der Waals surface area contributed by atoms with Crippen LogP contribution in [0.2, 0.25) is 0 Å². The van der Waals surface area contributed by atoms with E-state index in [1.165, 1.54) is 19.9 Å². The Labute approximate surface area is 123 Å². The first-order valence-electron chi connectivity index (χ1n) is 6.25. The van der Waals surface area contributed by atoms with E-state index in [2.05, 4.69) is 5.32 Å². The Morgan fingerprint density at radius 2 is 1.95 bits per heavy atom. The fourth-order valence-electron chi connectivity index (χ4n) is 2.55. The average molecular weight is 310 g/mol. The molecule has 1 atom stereocenters. The number of carbonyl (C=O) groups is 1. The summed E-state index contributed by atoms with van der Waals surface area (Å²) in [6.45, 7) is 2.79. The minimum Gasteiger partial charge on any atom is -0.478 e. The zero-order valence-corrected chi connectivity index (χ0v) is 11.7. The Hall–Kier alpha value is -2.77. The Morgan fingerprint density at radius 3 is 2.50 bits per heavy atom. The molecule has 0 bridgehead atoms. The lowest BCUT2D eigenvalue weighted by molar-refractivity contribution is -0.431. The van der Waals surface area contributed by atoms with Gasteiger partial charge in [0.1, 0.15) is 5.92 Å². The van der Waals surface area contributed by atoms with E-state index in [4.69, 9.17) is 0 Å². The summed E-state index contributed by atoms with van der Waals surface area (Å²) in [4.78, 5) is 22.0. The molecule has 0 fully saturated rings. The number of allylic oxidation sites excluding steroid dienone is 3. The number of carboxylic acid groups (broad SMARTS) is 1. The summed E-state index contributed by atoms with van der Waals surface area (Å²) in [7, 11) is 0. The van der Waals surface area contributed by atoms with Crippen LogP contribution in [0.15, 0.2) is 40.9 Å².